The van der Waals surface area contributed by atoms with E-state index in [-0.39, 0.29) is 17.2 Å². The van der Waals surface area contributed by atoms with Crippen LogP contribution in [-0.2, 0) is 4.79 Å². The van der Waals surface area contributed by atoms with Gasteiger partial charge in [0, 0.05) is 20.1 Å². The van der Waals surface area contributed by atoms with Gasteiger partial charge in [0.1, 0.15) is 0 Å². The van der Waals surface area contributed by atoms with Crippen LogP contribution in [0.15, 0.2) is 30.3 Å². The van der Waals surface area contributed by atoms with Crippen LogP contribution in [0.25, 0.3) is 0 Å². The maximum absolute atomic E-state index is 12.4. The Balaban J connectivity index is 2.80. The molecule has 0 aliphatic rings. The van der Waals surface area contributed by atoms with Gasteiger partial charge in [-0.3, -0.25) is 4.79 Å². The monoisotopic (exact) mass is 248 g/mol. The standard InChI is InChI=1S/C15H24N2O/c1-15(2,3)11-17(4)14(18)13(10-16)12-8-6-5-7-9-12/h5-9,13H,10-11,16H2,1-4H3. The average molecular weight is 248 g/mol. The van der Waals surface area contributed by atoms with Crippen LogP contribution in [0.3, 0.4) is 0 Å². The van der Waals surface area contributed by atoms with Crippen molar-refractivity contribution in [2.75, 3.05) is 20.1 Å². The van der Waals surface area contributed by atoms with E-state index in [1.165, 1.54) is 0 Å². The summed E-state index contributed by atoms with van der Waals surface area (Å²) in [6.07, 6.45) is 0. The molecule has 1 unspecified atom stereocenters. The van der Waals surface area contributed by atoms with Gasteiger partial charge < -0.3 is 10.6 Å². The lowest BCUT2D eigenvalue weighted by Gasteiger charge is -2.29. The predicted molar refractivity (Wildman–Crippen MR) is 75.3 cm³/mol. The lowest BCUT2D eigenvalue weighted by atomic mass is 9.94. The lowest BCUT2D eigenvalue weighted by molar-refractivity contribution is -0.132. The van der Waals surface area contributed by atoms with E-state index in [1.54, 1.807) is 4.90 Å². The van der Waals surface area contributed by atoms with E-state index in [2.05, 4.69) is 20.8 Å². The first-order valence-electron chi connectivity index (χ1n) is 6.35. The molecule has 0 aliphatic heterocycles. The van der Waals surface area contributed by atoms with E-state index in [9.17, 15) is 4.79 Å². The minimum Gasteiger partial charge on any atom is -0.345 e. The van der Waals surface area contributed by atoms with Crippen LogP contribution >= 0.6 is 0 Å². The number of carbonyl (C=O) groups is 1. The number of carbonyl (C=O) groups excluding carboxylic acids is 1. The van der Waals surface area contributed by atoms with E-state index < -0.39 is 0 Å². The van der Waals surface area contributed by atoms with Crippen molar-refractivity contribution >= 4 is 5.91 Å². The number of benzene rings is 1. The van der Waals surface area contributed by atoms with Gasteiger partial charge in [-0.1, -0.05) is 51.1 Å². The Hall–Kier alpha value is -1.35. The van der Waals surface area contributed by atoms with Crippen molar-refractivity contribution in [2.45, 2.75) is 26.7 Å². The van der Waals surface area contributed by atoms with E-state index >= 15 is 0 Å². The third-order valence-electron chi connectivity index (χ3n) is 2.82. The second-order valence-corrected chi connectivity index (χ2v) is 5.95. The van der Waals surface area contributed by atoms with E-state index in [4.69, 9.17) is 5.73 Å². The number of amides is 1. The molecular formula is C15H24N2O. The number of likely N-dealkylation sites (N-methyl/N-ethyl adjacent to an activating group) is 1. The smallest absolute Gasteiger partial charge is 0.231 e. The largest absolute Gasteiger partial charge is 0.345 e. The minimum atomic E-state index is -0.237. The molecule has 0 heterocycles. The lowest BCUT2D eigenvalue weighted by Crippen LogP contribution is -2.39. The quantitative estimate of drug-likeness (QED) is 0.888. The van der Waals surface area contributed by atoms with Crippen LogP contribution in [0, 0.1) is 5.41 Å². The summed E-state index contributed by atoms with van der Waals surface area (Å²) < 4.78 is 0. The molecular weight excluding hydrogens is 224 g/mol. The Kier molecular flexibility index (Phi) is 4.91. The highest BCUT2D eigenvalue weighted by Gasteiger charge is 2.25. The normalized spacial score (nSPS) is 13.2. The number of hydrogen-bond donors (Lipinski definition) is 1. The summed E-state index contributed by atoms with van der Waals surface area (Å²) in [5.41, 5.74) is 6.85. The zero-order chi connectivity index (χ0) is 13.8. The van der Waals surface area contributed by atoms with Gasteiger partial charge in [-0.05, 0) is 11.0 Å². The Morgan fingerprint density at radius 3 is 2.28 bits per heavy atom. The molecule has 1 aromatic carbocycles. The molecule has 0 bridgehead atoms. The van der Waals surface area contributed by atoms with Gasteiger partial charge in [0.05, 0.1) is 5.92 Å². The number of rotatable bonds is 4. The molecule has 0 radical (unpaired) electrons. The van der Waals surface area contributed by atoms with Crippen molar-refractivity contribution in [3.05, 3.63) is 35.9 Å². The minimum absolute atomic E-state index is 0.0959. The molecule has 0 saturated heterocycles. The van der Waals surface area contributed by atoms with E-state index in [1.807, 2.05) is 37.4 Å². The van der Waals surface area contributed by atoms with Gasteiger partial charge in [-0.2, -0.15) is 0 Å². The van der Waals surface area contributed by atoms with Crippen molar-refractivity contribution < 1.29 is 4.79 Å². The van der Waals surface area contributed by atoms with Crippen LogP contribution in [0.5, 0.6) is 0 Å². The second-order valence-electron chi connectivity index (χ2n) is 5.95. The van der Waals surface area contributed by atoms with Crippen molar-refractivity contribution in [1.29, 1.82) is 0 Å². The van der Waals surface area contributed by atoms with Crippen LogP contribution < -0.4 is 5.73 Å². The van der Waals surface area contributed by atoms with Crippen molar-refractivity contribution in [1.82, 2.24) is 4.90 Å². The van der Waals surface area contributed by atoms with Crippen molar-refractivity contribution in [2.24, 2.45) is 11.1 Å². The first kappa shape index (κ1) is 14.7. The summed E-state index contributed by atoms with van der Waals surface area (Å²) in [6, 6.07) is 9.74. The Labute approximate surface area is 110 Å². The number of nitrogens with zero attached hydrogens (tertiary/aromatic N) is 1. The molecule has 3 heteroatoms. The summed E-state index contributed by atoms with van der Waals surface area (Å²) >= 11 is 0. The average Bonchev–Trinajstić information content (AvgIpc) is 2.29. The van der Waals surface area contributed by atoms with Gasteiger partial charge in [-0.25, -0.2) is 0 Å². The van der Waals surface area contributed by atoms with Crippen molar-refractivity contribution in [3.63, 3.8) is 0 Å². The molecule has 1 rings (SSSR count). The highest BCUT2D eigenvalue weighted by molar-refractivity contribution is 5.83. The Morgan fingerprint density at radius 2 is 1.83 bits per heavy atom. The molecule has 1 aromatic rings. The Morgan fingerprint density at radius 1 is 1.28 bits per heavy atom. The summed E-state index contributed by atoms with van der Waals surface area (Å²) in [4.78, 5) is 14.2. The summed E-state index contributed by atoms with van der Waals surface area (Å²) in [5, 5.41) is 0. The van der Waals surface area contributed by atoms with Gasteiger partial charge in [0.2, 0.25) is 5.91 Å². The highest BCUT2D eigenvalue weighted by atomic mass is 16.2. The van der Waals surface area contributed by atoms with Crippen molar-refractivity contribution in [3.8, 4) is 0 Å². The molecule has 0 aliphatic carbocycles. The van der Waals surface area contributed by atoms with Crippen LogP contribution in [0.1, 0.15) is 32.3 Å². The zero-order valence-corrected chi connectivity index (χ0v) is 11.8. The first-order chi connectivity index (χ1) is 8.35. The summed E-state index contributed by atoms with van der Waals surface area (Å²) in [6.45, 7) is 7.44. The van der Waals surface area contributed by atoms with Gasteiger partial charge in [0.25, 0.3) is 0 Å². The third kappa shape index (κ3) is 4.15. The molecule has 1 amide bonds. The fourth-order valence-electron chi connectivity index (χ4n) is 2.12. The highest BCUT2D eigenvalue weighted by Crippen LogP contribution is 2.20. The molecule has 0 saturated carbocycles. The Bertz CT molecular complexity index is 381. The van der Waals surface area contributed by atoms with Crippen LogP contribution in [0.4, 0.5) is 0 Å². The zero-order valence-electron chi connectivity index (χ0n) is 11.8. The van der Waals surface area contributed by atoms with Crippen LogP contribution in [0.2, 0.25) is 0 Å². The van der Waals surface area contributed by atoms with Crippen LogP contribution in [-0.4, -0.2) is 30.9 Å². The van der Waals surface area contributed by atoms with Gasteiger partial charge in [0.15, 0.2) is 0 Å². The molecule has 0 aromatic heterocycles. The predicted octanol–water partition coefficient (Wildman–Crippen LogP) is 2.23. The maximum Gasteiger partial charge on any atom is 0.231 e. The summed E-state index contributed by atoms with van der Waals surface area (Å²) in [7, 11) is 1.85. The third-order valence-corrected chi connectivity index (χ3v) is 2.82. The fraction of sp³-hybridized carbons (Fsp3) is 0.533. The molecule has 2 N–H and O–H groups in total. The van der Waals surface area contributed by atoms with Gasteiger partial charge >= 0.3 is 0 Å². The molecule has 18 heavy (non-hydrogen) atoms. The molecule has 100 valence electrons. The molecule has 1 atom stereocenters. The number of nitrogens with two attached hydrogens (primary N) is 1. The summed E-state index contributed by atoms with van der Waals surface area (Å²) in [5.74, 6) is -0.142. The van der Waals surface area contributed by atoms with E-state index in [0.717, 1.165) is 12.1 Å². The second kappa shape index (κ2) is 6.01. The first-order valence-corrected chi connectivity index (χ1v) is 6.35. The van der Waals surface area contributed by atoms with E-state index in [0.29, 0.717) is 6.54 Å². The molecule has 0 fully saturated rings. The maximum atomic E-state index is 12.4. The number of hydrogen-bond acceptors (Lipinski definition) is 2. The fourth-order valence-corrected chi connectivity index (χ4v) is 2.12. The SMILES string of the molecule is CN(CC(C)(C)C)C(=O)C(CN)c1ccccc1. The van der Waals surface area contributed by atoms with Gasteiger partial charge in [-0.15, -0.1) is 0 Å². The molecule has 3 nitrogen and oxygen atoms in total. The topological polar surface area (TPSA) is 46.3 Å². The molecule has 0 spiro atoms.